The Morgan fingerprint density at radius 2 is 1.79 bits per heavy atom. The highest BCUT2D eigenvalue weighted by molar-refractivity contribution is 5.43. The van der Waals surface area contributed by atoms with Crippen LogP contribution in [0.4, 0.5) is 5.69 Å². The monoisotopic (exact) mass is 194 g/mol. The first-order valence-corrected chi connectivity index (χ1v) is 5.76. The molecule has 80 valence electrons. The number of hydrogen-bond acceptors (Lipinski definition) is 1. The third-order valence-electron chi connectivity index (χ3n) is 2.51. The molecule has 0 aliphatic heterocycles. The lowest BCUT2D eigenvalue weighted by molar-refractivity contribution is 0.678. The zero-order chi connectivity index (χ0) is 10.2. The molecule has 1 heterocycles. The van der Waals surface area contributed by atoms with E-state index in [4.69, 9.17) is 0 Å². The predicted octanol–water partition coefficient (Wildman–Crippen LogP) is 3.42. The quantitative estimate of drug-likeness (QED) is 0.704. The van der Waals surface area contributed by atoms with Crippen molar-refractivity contribution in [3.63, 3.8) is 0 Å². The molecule has 2 nitrogen and oxygen atoms in total. The highest BCUT2D eigenvalue weighted by Gasteiger charge is 2.04. The van der Waals surface area contributed by atoms with Gasteiger partial charge < -0.3 is 9.88 Å². The second kappa shape index (κ2) is 6.52. The van der Waals surface area contributed by atoms with Crippen LogP contribution in [0.15, 0.2) is 18.5 Å². The van der Waals surface area contributed by atoms with E-state index in [1.54, 1.807) is 0 Å². The SMILES string of the molecule is CCCCN(CCCC)c1cc[nH]c1. The number of aromatic amines is 1. The molecule has 0 bridgehead atoms. The lowest BCUT2D eigenvalue weighted by Crippen LogP contribution is -2.25. The van der Waals surface area contributed by atoms with Crippen molar-refractivity contribution in [2.75, 3.05) is 18.0 Å². The minimum absolute atomic E-state index is 1.19. The van der Waals surface area contributed by atoms with Gasteiger partial charge in [0.2, 0.25) is 0 Å². The highest BCUT2D eigenvalue weighted by Crippen LogP contribution is 2.14. The number of rotatable bonds is 7. The van der Waals surface area contributed by atoms with Gasteiger partial charge in [-0.15, -0.1) is 0 Å². The Balaban J connectivity index is 2.44. The fourth-order valence-electron chi connectivity index (χ4n) is 1.58. The van der Waals surface area contributed by atoms with Crippen molar-refractivity contribution < 1.29 is 0 Å². The third-order valence-corrected chi connectivity index (χ3v) is 2.51. The van der Waals surface area contributed by atoms with Crippen LogP contribution in [0.1, 0.15) is 39.5 Å². The van der Waals surface area contributed by atoms with Gasteiger partial charge in [0, 0.05) is 25.5 Å². The van der Waals surface area contributed by atoms with Crippen LogP contribution in [0.25, 0.3) is 0 Å². The summed E-state index contributed by atoms with van der Waals surface area (Å²) in [5, 5.41) is 0. The molecule has 1 N–H and O–H groups in total. The molecule has 0 atom stereocenters. The van der Waals surface area contributed by atoms with Crippen molar-refractivity contribution in [1.82, 2.24) is 4.98 Å². The number of aromatic nitrogens is 1. The summed E-state index contributed by atoms with van der Waals surface area (Å²) in [5.41, 5.74) is 1.34. The van der Waals surface area contributed by atoms with E-state index >= 15 is 0 Å². The van der Waals surface area contributed by atoms with Crippen molar-refractivity contribution >= 4 is 5.69 Å². The summed E-state index contributed by atoms with van der Waals surface area (Å²) in [7, 11) is 0. The van der Waals surface area contributed by atoms with Gasteiger partial charge >= 0.3 is 0 Å². The summed E-state index contributed by atoms with van der Waals surface area (Å²) in [6, 6.07) is 2.16. The van der Waals surface area contributed by atoms with E-state index in [0.717, 1.165) is 0 Å². The number of unbranched alkanes of at least 4 members (excludes halogenated alkanes) is 2. The molecule has 0 radical (unpaired) electrons. The van der Waals surface area contributed by atoms with Crippen LogP contribution in [0.5, 0.6) is 0 Å². The predicted molar refractivity (Wildman–Crippen MR) is 62.8 cm³/mol. The molecule has 0 unspecified atom stereocenters. The molecule has 1 rings (SSSR count). The summed E-state index contributed by atoms with van der Waals surface area (Å²) in [6.45, 7) is 6.87. The standard InChI is InChI=1S/C12H22N2/c1-3-5-9-14(10-6-4-2)12-7-8-13-11-12/h7-8,11,13H,3-6,9-10H2,1-2H3. The minimum Gasteiger partial charge on any atom is -0.370 e. The van der Waals surface area contributed by atoms with Crippen LogP contribution in [-0.4, -0.2) is 18.1 Å². The molecule has 0 amide bonds. The summed E-state index contributed by atoms with van der Waals surface area (Å²) in [4.78, 5) is 5.60. The fourth-order valence-corrected chi connectivity index (χ4v) is 1.58. The van der Waals surface area contributed by atoms with E-state index in [0.29, 0.717) is 0 Å². The smallest absolute Gasteiger partial charge is 0.0543 e. The Hall–Kier alpha value is -0.920. The molecule has 14 heavy (non-hydrogen) atoms. The van der Waals surface area contributed by atoms with Crippen LogP contribution in [0.3, 0.4) is 0 Å². The summed E-state index contributed by atoms with van der Waals surface area (Å²) < 4.78 is 0. The third kappa shape index (κ3) is 3.44. The average Bonchev–Trinajstić information content (AvgIpc) is 2.71. The maximum absolute atomic E-state index is 3.12. The molecule has 0 aliphatic rings. The van der Waals surface area contributed by atoms with Gasteiger partial charge in [0.1, 0.15) is 0 Å². The number of nitrogens with zero attached hydrogens (tertiary/aromatic N) is 1. The zero-order valence-electron chi connectivity index (χ0n) is 9.42. The molecule has 1 aromatic heterocycles. The Morgan fingerprint density at radius 3 is 2.21 bits per heavy atom. The Labute approximate surface area is 87.3 Å². The first-order valence-electron chi connectivity index (χ1n) is 5.76. The van der Waals surface area contributed by atoms with Crippen LogP contribution >= 0.6 is 0 Å². The van der Waals surface area contributed by atoms with Crippen molar-refractivity contribution in [3.05, 3.63) is 18.5 Å². The van der Waals surface area contributed by atoms with E-state index in [1.807, 2.05) is 6.20 Å². The molecule has 0 aromatic carbocycles. The maximum atomic E-state index is 3.12. The van der Waals surface area contributed by atoms with Crippen molar-refractivity contribution in [2.24, 2.45) is 0 Å². The van der Waals surface area contributed by atoms with Gasteiger partial charge in [-0.3, -0.25) is 0 Å². The largest absolute Gasteiger partial charge is 0.370 e. The van der Waals surface area contributed by atoms with Crippen LogP contribution in [0, 0.1) is 0 Å². The van der Waals surface area contributed by atoms with Gasteiger partial charge in [-0.25, -0.2) is 0 Å². The first-order chi connectivity index (χ1) is 6.88. The topological polar surface area (TPSA) is 19.0 Å². The van der Waals surface area contributed by atoms with Gasteiger partial charge in [-0.1, -0.05) is 26.7 Å². The molecule has 2 heteroatoms. The molecule has 0 aliphatic carbocycles. The van der Waals surface area contributed by atoms with E-state index in [2.05, 4.69) is 36.0 Å². The number of nitrogens with one attached hydrogen (secondary N) is 1. The maximum Gasteiger partial charge on any atom is 0.0543 e. The summed E-state index contributed by atoms with van der Waals surface area (Å²) >= 11 is 0. The Morgan fingerprint density at radius 1 is 1.14 bits per heavy atom. The van der Waals surface area contributed by atoms with Crippen LogP contribution in [-0.2, 0) is 0 Å². The van der Waals surface area contributed by atoms with Crippen LogP contribution in [0.2, 0.25) is 0 Å². The molecule has 0 fully saturated rings. The minimum atomic E-state index is 1.19. The lowest BCUT2D eigenvalue weighted by atomic mass is 10.2. The lowest BCUT2D eigenvalue weighted by Gasteiger charge is -2.22. The normalized spacial score (nSPS) is 10.4. The molecular weight excluding hydrogens is 172 g/mol. The Kier molecular flexibility index (Phi) is 5.20. The molecule has 0 spiro atoms. The molecule has 0 saturated heterocycles. The summed E-state index contributed by atoms with van der Waals surface area (Å²) in [6.07, 6.45) is 9.20. The van der Waals surface area contributed by atoms with Gasteiger partial charge in [-0.05, 0) is 18.9 Å². The highest BCUT2D eigenvalue weighted by atomic mass is 15.1. The van der Waals surface area contributed by atoms with Crippen molar-refractivity contribution in [3.8, 4) is 0 Å². The van der Waals surface area contributed by atoms with E-state index < -0.39 is 0 Å². The van der Waals surface area contributed by atoms with E-state index in [1.165, 1.54) is 44.5 Å². The van der Waals surface area contributed by atoms with Crippen LogP contribution < -0.4 is 4.90 Å². The van der Waals surface area contributed by atoms with E-state index in [9.17, 15) is 0 Å². The number of H-pyrrole nitrogens is 1. The van der Waals surface area contributed by atoms with Gasteiger partial charge in [0.05, 0.1) is 5.69 Å². The fraction of sp³-hybridized carbons (Fsp3) is 0.667. The van der Waals surface area contributed by atoms with Gasteiger partial charge in [0.25, 0.3) is 0 Å². The second-order valence-corrected chi connectivity index (χ2v) is 3.76. The van der Waals surface area contributed by atoms with Gasteiger partial charge in [-0.2, -0.15) is 0 Å². The average molecular weight is 194 g/mol. The molecule has 0 saturated carbocycles. The second-order valence-electron chi connectivity index (χ2n) is 3.76. The zero-order valence-corrected chi connectivity index (χ0v) is 9.42. The van der Waals surface area contributed by atoms with Gasteiger partial charge in [0.15, 0.2) is 0 Å². The molecular formula is C12H22N2. The van der Waals surface area contributed by atoms with Crippen molar-refractivity contribution in [2.45, 2.75) is 39.5 Å². The Bertz CT molecular complexity index is 208. The number of anilines is 1. The molecule has 1 aromatic rings. The van der Waals surface area contributed by atoms with Crippen molar-refractivity contribution in [1.29, 1.82) is 0 Å². The van der Waals surface area contributed by atoms with E-state index in [-0.39, 0.29) is 0 Å². The summed E-state index contributed by atoms with van der Waals surface area (Å²) in [5.74, 6) is 0. The number of hydrogen-bond donors (Lipinski definition) is 1. The first kappa shape index (κ1) is 11.2.